The molecule has 150 valence electrons. The highest BCUT2D eigenvalue weighted by Gasteiger charge is 2.11. The fourth-order valence-corrected chi connectivity index (χ4v) is 3.14. The zero-order valence-corrected chi connectivity index (χ0v) is 17.8. The maximum Gasteiger partial charge on any atom is 0.266 e. The highest BCUT2D eigenvalue weighted by atomic mass is 79.9. The molecule has 0 fully saturated rings. The van der Waals surface area contributed by atoms with Crippen molar-refractivity contribution >= 4 is 33.6 Å². The Kier molecular flexibility index (Phi) is 6.89. The molecule has 3 rings (SSSR count). The van der Waals surface area contributed by atoms with E-state index >= 15 is 0 Å². The van der Waals surface area contributed by atoms with Crippen molar-refractivity contribution in [1.29, 1.82) is 5.26 Å². The summed E-state index contributed by atoms with van der Waals surface area (Å²) in [5, 5.41) is 21.3. The number of nitrogens with one attached hydrogen (secondary N) is 1. The summed E-state index contributed by atoms with van der Waals surface area (Å²) in [6.07, 6.45) is 1.50. The third-order valence-corrected chi connectivity index (χ3v) is 4.89. The number of carbonyl (C=O) groups excluding carboxylic acids is 1. The van der Waals surface area contributed by atoms with Gasteiger partial charge in [-0.3, -0.25) is 4.79 Å². The number of aryl methyl sites for hydroxylation is 1. The average molecular weight is 463 g/mol. The number of aromatic hydroxyl groups is 1. The number of nitriles is 1. The van der Waals surface area contributed by atoms with Crippen LogP contribution >= 0.6 is 15.9 Å². The van der Waals surface area contributed by atoms with E-state index in [0.29, 0.717) is 23.6 Å². The Morgan fingerprint density at radius 2 is 1.83 bits per heavy atom. The number of phenols is 1. The summed E-state index contributed by atoms with van der Waals surface area (Å²) < 4.78 is 6.57. The molecule has 2 N–H and O–H groups in total. The zero-order chi connectivity index (χ0) is 21.5. The highest BCUT2D eigenvalue weighted by Crippen LogP contribution is 2.28. The summed E-state index contributed by atoms with van der Waals surface area (Å²) in [6, 6.07) is 21.4. The van der Waals surface area contributed by atoms with Crippen molar-refractivity contribution in [2.75, 3.05) is 5.32 Å². The van der Waals surface area contributed by atoms with Gasteiger partial charge in [-0.1, -0.05) is 35.9 Å². The van der Waals surface area contributed by atoms with Crippen molar-refractivity contribution < 1.29 is 14.6 Å². The van der Waals surface area contributed by atoms with Crippen LogP contribution in [0, 0.1) is 18.3 Å². The molecule has 0 aromatic heterocycles. The predicted molar refractivity (Wildman–Crippen MR) is 120 cm³/mol. The molecule has 0 radical (unpaired) electrons. The smallest absolute Gasteiger partial charge is 0.266 e. The summed E-state index contributed by atoms with van der Waals surface area (Å²) >= 11 is 3.48. The second kappa shape index (κ2) is 9.77. The highest BCUT2D eigenvalue weighted by molar-refractivity contribution is 9.10. The Morgan fingerprint density at radius 3 is 2.47 bits per heavy atom. The van der Waals surface area contributed by atoms with E-state index in [-0.39, 0.29) is 11.3 Å². The molecule has 0 saturated heterocycles. The summed E-state index contributed by atoms with van der Waals surface area (Å²) in [6.45, 7) is 2.47. The van der Waals surface area contributed by atoms with Gasteiger partial charge in [0, 0.05) is 5.69 Å². The van der Waals surface area contributed by atoms with Gasteiger partial charge in [0.1, 0.15) is 29.7 Å². The molecule has 0 unspecified atom stereocenters. The lowest BCUT2D eigenvalue weighted by Gasteiger charge is -2.09. The fraction of sp³-hybridized carbons (Fsp3) is 0.0833. The molecule has 0 spiro atoms. The van der Waals surface area contributed by atoms with Crippen molar-refractivity contribution in [2.45, 2.75) is 13.5 Å². The number of carbonyl (C=O) groups is 1. The van der Waals surface area contributed by atoms with Crippen molar-refractivity contribution in [3.63, 3.8) is 0 Å². The molecule has 3 aromatic carbocycles. The topological polar surface area (TPSA) is 82.3 Å². The Labute approximate surface area is 183 Å². The number of ether oxygens (including phenoxy) is 1. The number of halogens is 1. The molecule has 5 nitrogen and oxygen atoms in total. The Balaban J connectivity index is 1.69. The molecule has 3 aromatic rings. The molecule has 30 heavy (non-hydrogen) atoms. The number of hydrogen-bond donors (Lipinski definition) is 2. The van der Waals surface area contributed by atoms with E-state index in [9.17, 15) is 15.2 Å². The molecular weight excluding hydrogens is 444 g/mol. The second-order valence-corrected chi connectivity index (χ2v) is 7.49. The number of rotatable bonds is 6. The van der Waals surface area contributed by atoms with E-state index in [2.05, 4.69) is 21.2 Å². The molecule has 0 aliphatic heterocycles. The summed E-state index contributed by atoms with van der Waals surface area (Å²) in [5.74, 6) is 0.234. The van der Waals surface area contributed by atoms with Crippen LogP contribution in [-0.4, -0.2) is 11.0 Å². The molecule has 0 heterocycles. The lowest BCUT2D eigenvalue weighted by Crippen LogP contribution is -2.13. The van der Waals surface area contributed by atoms with Crippen LogP contribution in [0.25, 0.3) is 6.08 Å². The summed E-state index contributed by atoms with van der Waals surface area (Å²) in [5.41, 5.74) is 3.39. The molecule has 0 atom stereocenters. The van der Waals surface area contributed by atoms with E-state index in [1.54, 1.807) is 30.3 Å². The second-order valence-electron chi connectivity index (χ2n) is 6.63. The number of phenolic OH excluding ortho intramolecular Hbond substituents is 1. The van der Waals surface area contributed by atoms with Crippen LogP contribution in [0.3, 0.4) is 0 Å². The van der Waals surface area contributed by atoms with Crippen molar-refractivity contribution in [1.82, 2.24) is 0 Å². The standard InChI is InChI=1S/C24H19BrN2O3/c1-16-2-4-17(5-3-16)15-30-23-11-6-18(13-22(23)25)12-19(14-26)24(29)27-20-7-9-21(28)10-8-20/h2-13,28H,15H2,1H3,(H,27,29)/b19-12+. The number of anilines is 1. The molecule has 0 bridgehead atoms. The maximum absolute atomic E-state index is 12.4. The van der Waals surface area contributed by atoms with Gasteiger partial charge in [-0.2, -0.15) is 5.26 Å². The van der Waals surface area contributed by atoms with Crippen LogP contribution in [0.2, 0.25) is 0 Å². The van der Waals surface area contributed by atoms with E-state index in [4.69, 9.17) is 4.74 Å². The SMILES string of the molecule is Cc1ccc(COc2ccc(/C=C(\C#N)C(=O)Nc3ccc(O)cc3)cc2Br)cc1. The van der Waals surface area contributed by atoms with E-state index < -0.39 is 5.91 Å². The van der Waals surface area contributed by atoms with Gasteiger partial charge < -0.3 is 15.2 Å². The van der Waals surface area contributed by atoms with Crippen LogP contribution in [0.4, 0.5) is 5.69 Å². The first-order valence-electron chi connectivity index (χ1n) is 9.14. The molecule has 0 aliphatic carbocycles. The Morgan fingerprint density at radius 1 is 1.13 bits per heavy atom. The minimum absolute atomic E-state index is 0.0386. The predicted octanol–water partition coefficient (Wildman–Crippen LogP) is 5.59. The Bertz CT molecular complexity index is 1110. The van der Waals surface area contributed by atoms with Gasteiger partial charge >= 0.3 is 0 Å². The van der Waals surface area contributed by atoms with E-state index in [1.165, 1.54) is 23.8 Å². The molecule has 6 heteroatoms. The van der Waals surface area contributed by atoms with Crippen molar-refractivity contribution in [3.05, 3.63) is 93.5 Å². The lowest BCUT2D eigenvalue weighted by molar-refractivity contribution is -0.112. The van der Waals surface area contributed by atoms with Crippen molar-refractivity contribution in [2.24, 2.45) is 0 Å². The number of benzene rings is 3. The summed E-state index contributed by atoms with van der Waals surface area (Å²) in [4.78, 5) is 12.4. The van der Waals surface area contributed by atoms with Crippen LogP contribution in [0.5, 0.6) is 11.5 Å². The van der Waals surface area contributed by atoms with E-state index in [1.807, 2.05) is 37.3 Å². The quantitative estimate of drug-likeness (QED) is 0.284. The van der Waals surface area contributed by atoms with Crippen LogP contribution in [-0.2, 0) is 11.4 Å². The first kappa shape index (κ1) is 21.2. The van der Waals surface area contributed by atoms with Gasteiger partial charge in [0.15, 0.2) is 0 Å². The van der Waals surface area contributed by atoms with Gasteiger partial charge in [-0.25, -0.2) is 0 Å². The lowest BCUT2D eigenvalue weighted by atomic mass is 10.1. The first-order valence-corrected chi connectivity index (χ1v) is 9.94. The third kappa shape index (κ3) is 5.72. The monoisotopic (exact) mass is 462 g/mol. The minimum Gasteiger partial charge on any atom is -0.508 e. The normalized spacial score (nSPS) is 10.9. The van der Waals surface area contributed by atoms with Crippen LogP contribution in [0.1, 0.15) is 16.7 Å². The first-order chi connectivity index (χ1) is 14.4. The van der Waals surface area contributed by atoms with Crippen molar-refractivity contribution in [3.8, 4) is 17.6 Å². The largest absolute Gasteiger partial charge is 0.508 e. The van der Waals surface area contributed by atoms with Gasteiger partial charge in [-0.05, 0) is 76.5 Å². The van der Waals surface area contributed by atoms with E-state index in [0.717, 1.165) is 10.0 Å². The number of nitrogens with zero attached hydrogens (tertiary/aromatic N) is 1. The average Bonchev–Trinajstić information content (AvgIpc) is 2.74. The van der Waals surface area contributed by atoms with Crippen LogP contribution < -0.4 is 10.1 Å². The number of hydrogen-bond acceptors (Lipinski definition) is 4. The third-order valence-electron chi connectivity index (χ3n) is 4.27. The fourth-order valence-electron chi connectivity index (χ4n) is 2.63. The van der Waals surface area contributed by atoms with Gasteiger partial charge in [0.05, 0.1) is 4.47 Å². The number of amides is 1. The zero-order valence-electron chi connectivity index (χ0n) is 16.2. The molecule has 0 saturated carbocycles. The minimum atomic E-state index is -0.529. The van der Waals surface area contributed by atoms with Gasteiger partial charge in [0.25, 0.3) is 5.91 Å². The van der Waals surface area contributed by atoms with Crippen LogP contribution in [0.15, 0.2) is 76.8 Å². The molecule has 0 aliphatic rings. The Hall–Kier alpha value is -3.56. The molecular formula is C24H19BrN2O3. The molecule has 1 amide bonds. The van der Waals surface area contributed by atoms with Gasteiger partial charge in [0.2, 0.25) is 0 Å². The van der Waals surface area contributed by atoms with Gasteiger partial charge in [-0.15, -0.1) is 0 Å². The summed E-state index contributed by atoms with van der Waals surface area (Å²) in [7, 11) is 0. The maximum atomic E-state index is 12.4.